The first-order valence-electron chi connectivity index (χ1n) is 10.9. The van der Waals surface area contributed by atoms with Gasteiger partial charge in [-0.3, -0.25) is 29.3 Å². The van der Waals surface area contributed by atoms with Gasteiger partial charge in [0.1, 0.15) is 12.1 Å². The Bertz CT molecular complexity index is 1250. The Kier molecular flexibility index (Phi) is 4.95. The van der Waals surface area contributed by atoms with E-state index in [-0.39, 0.29) is 42.8 Å². The van der Waals surface area contributed by atoms with Crippen LogP contribution in [0.2, 0.25) is 0 Å². The molecule has 34 heavy (non-hydrogen) atoms. The zero-order valence-corrected chi connectivity index (χ0v) is 18.6. The molecule has 4 heterocycles. The van der Waals surface area contributed by atoms with Crippen LogP contribution in [0.3, 0.4) is 0 Å². The van der Waals surface area contributed by atoms with Crippen LogP contribution in [0.15, 0.2) is 24.4 Å². The fraction of sp³-hybridized carbons (Fsp3) is 0.409. The molecule has 12 heteroatoms. The molecule has 2 unspecified atom stereocenters. The van der Waals surface area contributed by atoms with Crippen LogP contribution in [-0.4, -0.2) is 68.1 Å². The molecule has 1 aromatic carbocycles. The first-order valence-corrected chi connectivity index (χ1v) is 10.9. The van der Waals surface area contributed by atoms with Crippen molar-refractivity contribution < 1.29 is 24.0 Å². The lowest BCUT2D eigenvalue weighted by Gasteiger charge is -2.29. The van der Waals surface area contributed by atoms with Crippen molar-refractivity contribution in [3.8, 4) is 5.69 Å². The minimum absolute atomic E-state index is 0.0530. The molecule has 0 radical (unpaired) electrons. The van der Waals surface area contributed by atoms with Gasteiger partial charge < -0.3 is 15.5 Å². The molecule has 2 saturated heterocycles. The molecule has 0 bridgehead atoms. The summed E-state index contributed by atoms with van der Waals surface area (Å²) in [4.78, 5) is 62.7. The van der Waals surface area contributed by atoms with Gasteiger partial charge in [-0.05, 0) is 30.2 Å². The smallest absolute Gasteiger partial charge is 0.274 e. The van der Waals surface area contributed by atoms with Crippen LogP contribution in [0.4, 0.5) is 0 Å². The van der Waals surface area contributed by atoms with E-state index in [0.29, 0.717) is 23.4 Å². The maximum atomic E-state index is 12.8. The molecular formula is C22H23N7O5. The number of piperidine rings is 1. The van der Waals surface area contributed by atoms with E-state index in [1.807, 2.05) is 13.8 Å². The number of aromatic nitrogens is 3. The van der Waals surface area contributed by atoms with Crippen molar-refractivity contribution in [3.05, 3.63) is 41.2 Å². The van der Waals surface area contributed by atoms with Crippen LogP contribution in [0.25, 0.3) is 5.69 Å². The van der Waals surface area contributed by atoms with E-state index in [1.54, 1.807) is 18.2 Å². The summed E-state index contributed by atoms with van der Waals surface area (Å²) in [6, 6.07) is 3.71. The number of rotatable bonds is 4. The van der Waals surface area contributed by atoms with Crippen LogP contribution in [0.5, 0.6) is 0 Å². The van der Waals surface area contributed by atoms with Gasteiger partial charge in [0, 0.05) is 30.5 Å². The number of hydrogen-bond donors (Lipinski definition) is 3. The minimum Gasteiger partial charge on any atom is -0.354 e. The zero-order chi connectivity index (χ0) is 24.2. The van der Waals surface area contributed by atoms with Gasteiger partial charge in [-0.1, -0.05) is 19.1 Å². The SMILES string of the molecule is CC1(C)CNC(=O)C1NC(=O)c1cn(-c2ccc3c(c2)CN(C2CCC(=O)NC2=O)C3=O)nn1. The molecule has 176 valence electrons. The van der Waals surface area contributed by atoms with Gasteiger partial charge in [0.2, 0.25) is 17.7 Å². The van der Waals surface area contributed by atoms with Gasteiger partial charge in [0.15, 0.2) is 5.69 Å². The van der Waals surface area contributed by atoms with Gasteiger partial charge in [-0.2, -0.15) is 0 Å². The lowest BCUT2D eigenvalue weighted by atomic mass is 9.87. The monoisotopic (exact) mass is 465 g/mol. The lowest BCUT2D eigenvalue weighted by Crippen LogP contribution is -2.52. The summed E-state index contributed by atoms with van der Waals surface area (Å²) < 4.78 is 1.41. The van der Waals surface area contributed by atoms with Gasteiger partial charge >= 0.3 is 0 Å². The van der Waals surface area contributed by atoms with E-state index in [4.69, 9.17) is 0 Å². The number of carbonyl (C=O) groups is 5. The van der Waals surface area contributed by atoms with E-state index < -0.39 is 29.3 Å². The molecule has 12 nitrogen and oxygen atoms in total. The Hall–Kier alpha value is -4.09. The number of nitrogens with one attached hydrogen (secondary N) is 3. The highest BCUT2D eigenvalue weighted by atomic mass is 16.2. The molecule has 2 aromatic rings. The van der Waals surface area contributed by atoms with Crippen molar-refractivity contribution >= 4 is 29.5 Å². The van der Waals surface area contributed by atoms with Gasteiger partial charge in [0.25, 0.3) is 11.8 Å². The van der Waals surface area contributed by atoms with Crippen molar-refractivity contribution in [2.24, 2.45) is 5.41 Å². The number of fused-ring (bicyclic) bond motifs is 1. The molecule has 5 amide bonds. The van der Waals surface area contributed by atoms with Gasteiger partial charge in [-0.25, -0.2) is 4.68 Å². The number of hydrogen-bond acceptors (Lipinski definition) is 7. The molecule has 3 N–H and O–H groups in total. The third kappa shape index (κ3) is 3.60. The number of benzene rings is 1. The summed E-state index contributed by atoms with van der Waals surface area (Å²) >= 11 is 0. The minimum atomic E-state index is -0.695. The van der Waals surface area contributed by atoms with Crippen molar-refractivity contribution in [2.75, 3.05) is 6.54 Å². The van der Waals surface area contributed by atoms with Crippen LogP contribution >= 0.6 is 0 Å². The highest BCUT2D eigenvalue weighted by Gasteiger charge is 2.42. The number of amides is 5. The summed E-state index contributed by atoms with van der Waals surface area (Å²) in [5, 5.41) is 15.7. The number of carbonyl (C=O) groups excluding carboxylic acids is 5. The molecule has 0 saturated carbocycles. The fourth-order valence-electron chi connectivity index (χ4n) is 4.54. The summed E-state index contributed by atoms with van der Waals surface area (Å²) in [5.41, 5.74) is 1.39. The molecule has 2 fully saturated rings. The topological polar surface area (TPSA) is 155 Å². The average molecular weight is 465 g/mol. The normalized spacial score (nSPS) is 23.5. The number of nitrogens with zero attached hydrogens (tertiary/aromatic N) is 4. The van der Waals surface area contributed by atoms with E-state index in [9.17, 15) is 24.0 Å². The van der Waals surface area contributed by atoms with E-state index >= 15 is 0 Å². The Morgan fingerprint density at radius 1 is 1.18 bits per heavy atom. The van der Waals surface area contributed by atoms with Crippen LogP contribution in [0.1, 0.15) is 53.1 Å². The summed E-state index contributed by atoms with van der Waals surface area (Å²) in [6.07, 6.45) is 1.92. The van der Waals surface area contributed by atoms with E-state index in [1.165, 1.54) is 15.8 Å². The van der Waals surface area contributed by atoms with E-state index in [0.717, 1.165) is 0 Å². The third-order valence-electron chi connectivity index (χ3n) is 6.54. The third-order valence-corrected chi connectivity index (χ3v) is 6.54. The van der Waals surface area contributed by atoms with Crippen LogP contribution < -0.4 is 16.0 Å². The highest BCUT2D eigenvalue weighted by Crippen LogP contribution is 2.29. The number of imide groups is 1. The molecule has 3 aliphatic rings. The molecule has 2 atom stereocenters. The van der Waals surface area contributed by atoms with Crippen LogP contribution in [0, 0.1) is 5.41 Å². The Labute approximate surface area is 194 Å². The van der Waals surface area contributed by atoms with Crippen molar-refractivity contribution in [2.45, 2.75) is 45.3 Å². The predicted molar refractivity (Wildman–Crippen MR) is 115 cm³/mol. The quantitative estimate of drug-likeness (QED) is 0.503. The Morgan fingerprint density at radius 3 is 2.68 bits per heavy atom. The largest absolute Gasteiger partial charge is 0.354 e. The van der Waals surface area contributed by atoms with Crippen molar-refractivity contribution in [1.82, 2.24) is 35.8 Å². The predicted octanol–water partition coefficient (Wildman–Crippen LogP) is -0.717. The lowest BCUT2D eigenvalue weighted by molar-refractivity contribution is -0.137. The average Bonchev–Trinajstić information content (AvgIpc) is 3.47. The van der Waals surface area contributed by atoms with Gasteiger partial charge in [-0.15, -0.1) is 5.10 Å². The highest BCUT2D eigenvalue weighted by molar-refractivity contribution is 6.05. The summed E-state index contributed by atoms with van der Waals surface area (Å²) in [7, 11) is 0. The fourth-order valence-corrected chi connectivity index (χ4v) is 4.54. The Balaban J connectivity index is 1.32. The second kappa shape index (κ2) is 7.75. The second-order valence-electron chi connectivity index (χ2n) is 9.40. The maximum Gasteiger partial charge on any atom is 0.274 e. The second-order valence-corrected chi connectivity index (χ2v) is 9.40. The first kappa shape index (κ1) is 21.7. The van der Waals surface area contributed by atoms with Crippen LogP contribution in [-0.2, 0) is 20.9 Å². The van der Waals surface area contributed by atoms with Gasteiger partial charge in [0.05, 0.1) is 11.9 Å². The Morgan fingerprint density at radius 2 is 1.97 bits per heavy atom. The summed E-state index contributed by atoms with van der Waals surface area (Å²) in [6.45, 7) is 4.46. The summed E-state index contributed by atoms with van der Waals surface area (Å²) in [5.74, 6) is -1.83. The van der Waals surface area contributed by atoms with Crippen molar-refractivity contribution in [3.63, 3.8) is 0 Å². The molecule has 5 rings (SSSR count). The standard InChI is InChI=1S/C22H23N7O5/c1-22(2)10-23-20(33)17(22)25-18(31)14-9-29(27-26-14)12-3-4-13-11(7-12)8-28(21(13)34)15-5-6-16(30)24-19(15)32/h3-4,7,9,15,17H,5-6,8,10H2,1-2H3,(H,23,33)(H,25,31)(H,24,30,32). The molecule has 0 spiro atoms. The molecule has 0 aliphatic carbocycles. The van der Waals surface area contributed by atoms with E-state index in [2.05, 4.69) is 26.3 Å². The molecule has 1 aromatic heterocycles. The van der Waals surface area contributed by atoms with Crippen molar-refractivity contribution in [1.29, 1.82) is 0 Å². The molecular weight excluding hydrogens is 442 g/mol. The molecule has 3 aliphatic heterocycles. The maximum absolute atomic E-state index is 12.8. The first-order chi connectivity index (χ1) is 16.1. The zero-order valence-electron chi connectivity index (χ0n) is 18.6.